The molecule has 2 aromatic carbocycles. The number of hydrogen-bond donors (Lipinski definition) is 0. The van der Waals surface area contributed by atoms with Gasteiger partial charge in [0.1, 0.15) is 0 Å². The second-order valence-electron chi connectivity index (χ2n) is 2.63. The molecule has 3 heteroatoms. The maximum Gasteiger partial charge on any atom is 2.00 e. The van der Waals surface area contributed by atoms with Crippen molar-refractivity contribution in [2.24, 2.45) is 0 Å². The molecule has 2 nitrogen and oxygen atoms in total. The van der Waals surface area contributed by atoms with Crippen LogP contribution in [-0.2, 0) is 16.5 Å². The molecule has 0 fully saturated rings. The second kappa shape index (κ2) is 7.89. The summed E-state index contributed by atoms with van der Waals surface area (Å²) in [6, 6.07) is 16.7. The van der Waals surface area contributed by atoms with Crippen LogP contribution in [0.15, 0.2) is 60.7 Å². The average molecular weight is 245 g/mol. The van der Waals surface area contributed by atoms with Crippen LogP contribution in [0.25, 0.3) is 0 Å². The predicted octanol–water partition coefficient (Wildman–Crippen LogP) is 1.52. The van der Waals surface area contributed by atoms with Gasteiger partial charge in [-0.25, -0.2) is 0 Å². The van der Waals surface area contributed by atoms with Crippen LogP contribution in [0.4, 0.5) is 0 Å². The molecule has 0 amide bonds. The fourth-order valence-electron chi connectivity index (χ4n) is 0.841. The standard InChI is InChI=1S/2C6H6O.Ni/c2*7-6-4-2-1-3-5-6;/h2*1-5,7H;/q;;+2/p-2. The Balaban J connectivity index is 0.000000245. The SMILES string of the molecule is [Ni+2].[O-]c1ccccc1.[O-]c1ccccc1. The van der Waals surface area contributed by atoms with Crippen LogP contribution in [0.3, 0.4) is 0 Å². The molecular weight excluding hydrogens is 235 g/mol. The van der Waals surface area contributed by atoms with Gasteiger partial charge in [0.2, 0.25) is 0 Å². The minimum Gasteiger partial charge on any atom is -0.872 e. The first-order valence-electron chi connectivity index (χ1n) is 4.23. The van der Waals surface area contributed by atoms with Gasteiger partial charge in [0, 0.05) is 0 Å². The van der Waals surface area contributed by atoms with Gasteiger partial charge in [0.25, 0.3) is 0 Å². The molecule has 0 heterocycles. The Morgan fingerprint density at radius 1 is 0.533 bits per heavy atom. The van der Waals surface area contributed by atoms with E-state index in [1.807, 2.05) is 12.1 Å². The van der Waals surface area contributed by atoms with Crippen LogP contribution in [-0.4, -0.2) is 0 Å². The summed E-state index contributed by atoms with van der Waals surface area (Å²) in [4.78, 5) is 0. The minimum atomic E-state index is 0. The zero-order valence-corrected chi connectivity index (χ0v) is 8.89. The zero-order chi connectivity index (χ0) is 10.2. The minimum absolute atomic E-state index is 0. The monoisotopic (exact) mass is 244 g/mol. The molecule has 80 valence electrons. The van der Waals surface area contributed by atoms with E-state index in [2.05, 4.69) is 0 Å². The Labute approximate surface area is 99.1 Å². The van der Waals surface area contributed by atoms with Crippen molar-refractivity contribution in [2.75, 3.05) is 0 Å². The van der Waals surface area contributed by atoms with E-state index in [-0.39, 0.29) is 28.0 Å². The zero-order valence-electron chi connectivity index (χ0n) is 7.91. The van der Waals surface area contributed by atoms with Crippen molar-refractivity contribution in [3.8, 4) is 11.5 Å². The quantitative estimate of drug-likeness (QED) is 0.660. The fraction of sp³-hybridized carbons (Fsp3) is 0. The van der Waals surface area contributed by atoms with Crippen molar-refractivity contribution in [1.82, 2.24) is 0 Å². The van der Waals surface area contributed by atoms with E-state index in [1.165, 1.54) is 24.3 Å². The maximum atomic E-state index is 10.3. The molecule has 0 saturated heterocycles. The summed E-state index contributed by atoms with van der Waals surface area (Å²) < 4.78 is 0. The second-order valence-corrected chi connectivity index (χ2v) is 2.63. The molecular formula is C12H10NiO2. The summed E-state index contributed by atoms with van der Waals surface area (Å²) in [5, 5.41) is 20.5. The smallest absolute Gasteiger partial charge is 0.872 e. The van der Waals surface area contributed by atoms with Crippen molar-refractivity contribution in [1.29, 1.82) is 0 Å². The van der Waals surface area contributed by atoms with Crippen molar-refractivity contribution in [3.63, 3.8) is 0 Å². The molecule has 0 aliphatic heterocycles. The summed E-state index contributed by atoms with van der Waals surface area (Å²) in [6.45, 7) is 0. The van der Waals surface area contributed by atoms with Gasteiger partial charge in [0.05, 0.1) is 0 Å². The maximum absolute atomic E-state index is 10.3. The molecule has 0 N–H and O–H groups in total. The van der Waals surface area contributed by atoms with Crippen molar-refractivity contribution >= 4 is 0 Å². The van der Waals surface area contributed by atoms with E-state index < -0.39 is 0 Å². The Morgan fingerprint density at radius 3 is 0.933 bits per heavy atom. The van der Waals surface area contributed by atoms with Gasteiger partial charge >= 0.3 is 16.5 Å². The molecule has 0 aliphatic rings. The average Bonchev–Trinajstić information content (AvgIpc) is 2.21. The number of hydrogen-bond acceptors (Lipinski definition) is 2. The van der Waals surface area contributed by atoms with E-state index in [1.54, 1.807) is 24.3 Å². The predicted molar refractivity (Wildman–Crippen MR) is 51.8 cm³/mol. The molecule has 15 heavy (non-hydrogen) atoms. The third kappa shape index (κ3) is 6.58. The Bertz CT molecular complexity index is 311. The summed E-state index contributed by atoms with van der Waals surface area (Å²) in [6.07, 6.45) is 0. The van der Waals surface area contributed by atoms with Crippen LogP contribution in [0.5, 0.6) is 11.5 Å². The molecule has 0 saturated carbocycles. The van der Waals surface area contributed by atoms with Crippen LogP contribution in [0, 0.1) is 0 Å². The van der Waals surface area contributed by atoms with Gasteiger partial charge in [0.15, 0.2) is 0 Å². The van der Waals surface area contributed by atoms with Crippen molar-refractivity contribution < 1.29 is 26.7 Å². The van der Waals surface area contributed by atoms with Gasteiger partial charge in [-0.1, -0.05) is 60.7 Å². The van der Waals surface area contributed by atoms with Gasteiger partial charge < -0.3 is 10.2 Å². The molecule has 0 spiro atoms. The molecule has 0 unspecified atom stereocenters. The molecule has 0 atom stereocenters. The number of benzene rings is 2. The molecule has 0 radical (unpaired) electrons. The topological polar surface area (TPSA) is 46.1 Å². The van der Waals surface area contributed by atoms with E-state index in [0.29, 0.717) is 0 Å². The van der Waals surface area contributed by atoms with Gasteiger partial charge in [-0.3, -0.25) is 0 Å². The first kappa shape index (κ1) is 13.5. The molecule has 2 aromatic rings. The van der Waals surface area contributed by atoms with Gasteiger partial charge in [-0.2, -0.15) is 0 Å². The third-order valence-corrected chi connectivity index (χ3v) is 1.49. The molecule has 2 rings (SSSR count). The van der Waals surface area contributed by atoms with Gasteiger partial charge in [-0.05, 0) is 0 Å². The van der Waals surface area contributed by atoms with Crippen LogP contribution < -0.4 is 10.2 Å². The fourth-order valence-corrected chi connectivity index (χ4v) is 0.841. The third-order valence-electron chi connectivity index (χ3n) is 1.49. The van der Waals surface area contributed by atoms with Crippen LogP contribution in [0.2, 0.25) is 0 Å². The van der Waals surface area contributed by atoms with Crippen LogP contribution >= 0.6 is 0 Å². The van der Waals surface area contributed by atoms with E-state index >= 15 is 0 Å². The first-order chi connectivity index (χ1) is 6.79. The molecule has 0 aromatic heterocycles. The first-order valence-corrected chi connectivity index (χ1v) is 4.23. The van der Waals surface area contributed by atoms with Crippen molar-refractivity contribution in [2.45, 2.75) is 0 Å². The Morgan fingerprint density at radius 2 is 0.800 bits per heavy atom. The Hall–Kier alpha value is -1.47. The molecule has 0 aliphatic carbocycles. The van der Waals surface area contributed by atoms with Gasteiger partial charge in [-0.15, -0.1) is 11.5 Å². The van der Waals surface area contributed by atoms with E-state index in [4.69, 9.17) is 0 Å². The summed E-state index contributed by atoms with van der Waals surface area (Å²) >= 11 is 0. The van der Waals surface area contributed by atoms with Crippen LogP contribution in [0.1, 0.15) is 0 Å². The summed E-state index contributed by atoms with van der Waals surface area (Å²) in [5.41, 5.74) is 0. The van der Waals surface area contributed by atoms with E-state index in [0.717, 1.165) is 0 Å². The van der Waals surface area contributed by atoms with Crippen molar-refractivity contribution in [3.05, 3.63) is 60.7 Å². The largest absolute Gasteiger partial charge is 2.00 e. The normalized spacial score (nSPS) is 8.00. The summed E-state index contributed by atoms with van der Waals surface area (Å²) in [7, 11) is 0. The number of para-hydroxylation sites is 2. The van der Waals surface area contributed by atoms with E-state index in [9.17, 15) is 10.2 Å². The Kier molecular flexibility index (Phi) is 7.12. The molecule has 0 bridgehead atoms. The summed E-state index contributed by atoms with van der Waals surface area (Å²) in [5.74, 6) is 0.144. The number of rotatable bonds is 0.